The molecule has 2 aliphatic rings. The second-order valence-corrected chi connectivity index (χ2v) is 6.53. The molecule has 4 atom stereocenters. The number of aliphatic carboxylic acids is 1. The van der Waals surface area contributed by atoms with E-state index in [-0.39, 0.29) is 23.8 Å². The normalized spacial score (nSPS) is 33.1. The molecule has 1 amide bonds. The number of piperidine rings is 1. The first-order valence-electron chi connectivity index (χ1n) is 7.59. The maximum Gasteiger partial charge on any atom is 0.307 e. The average Bonchev–Trinajstić information content (AvgIpc) is 2.80. The summed E-state index contributed by atoms with van der Waals surface area (Å²) < 4.78 is 0. The van der Waals surface area contributed by atoms with Gasteiger partial charge in [-0.3, -0.25) is 9.59 Å². The summed E-state index contributed by atoms with van der Waals surface area (Å²) in [6, 6.07) is 0. The van der Waals surface area contributed by atoms with E-state index in [1.54, 1.807) is 11.8 Å². The Hall–Kier alpha value is -1.10. The van der Waals surface area contributed by atoms with E-state index in [1.165, 1.54) is 0 Å². The predicted octanol–water partition coefficient (Wildman–Crippen LogP) is 1.35. The number of carboxylic acids is 1. The lowest BCUT2D eigenvalue weighted by atomic mass is 9.89. The Balaban J connectivity index is 1.96. The van der Waals surface area contributed by atoms with E-state index in [2.05, 4.69) is 0 Å². The van der Waals surface area contributed by atoms with Crippen LogP contribution in [0.25, 0.3) is 0 Å². The number of carbonyl (C=O) groups is 2. The van der Waals surface area contributed by atoms with Gasteiger partial charge in [0.2, 0.25) is 5.91 Å². The fraction of sp³-hybridized carbons (Fsp3) is 0.867. The molecule has 1 heterocycles. The average molecular weight is 283 g/mol. The second-order valence-electron chi connectivity index (χ2n) is 6.53. The van der Waals surface area contributed by atoms with Gasteiger partial charge in [-0.05, 0) is 44.4 Å². The van der Waals surface area contributed by atoms with Crippen LogP contribution in [-0.4, -0.2) is 46.2 Å². The molecule has 2 unspecified atom stereocenters. The number of nitrogens with zero attached hydrogens (tertiary/aromatic N) is 1. The maximum atomic E-state index is 12.5. The summed E-state index contributed by atoms with van der Waals surface area (Å²) in [6.45, 7) is 5.10. The molecule has 5 nitrogen and oxygen atoms in total. The van der Waals surface area contributed by atoms with Crippen molar-refractivity contribution >= 4 is 11.9 Å². The summed E-state index contributed by atoms with van der Waals surface area (Å²) in [4.78, 5) is 25.6. The van der Waals surface area contributed by atoms with Crippen molar-refractivity contribution < 1.29 is 19.8 Å². The third kappa shape index (κ3) is 3.14. The fourth-order valence-electron chi connectivity index (χ4n) is 3.67. The van der Waals surface area contributed by atoms with Crippen molar-refractivity contribution in [1.29, 1.82) is 0 Å². The molecule has 0 aromatic rings. The lowest BCUT2D eigenvalue weighted by Crippen LogP contribution is -2.45. The number of hydrogen-bond donors (Lipinski definition) is 2. The van der Waals surface area contributed by atoms with Gasteiger partial charge in [0.05, 0.1) is 17.9 Å². The molecule has 2 N–H and O–H groups in total. The Morgan fingerprint density at radius 1 is 1.15 bits per heavy atom. The summed E-state index contributed by atoms with van der Waals surface area (Å²) in [5.41, 5.74) is 0. The first-order chi connectivity index (χ1) is 9.40. The molecular weight excluding hydrogens is 258 g/mol. The zero-order valence-electron chi connectivity index (χ0n) is 12.3. The van der Waals surface area contributed by atoms with Crippen LogP contribution in [0.15, 0.2) is 0 Å². The van der Waals surface area contributed by atoms with E-state index in [9.17, 15) is 19.8 Å². The van der Waals surface area contributed by atoms with Crippen molar-refractivity contribution in [1.82, 2.24) is 4.90 Å². The van der Waals surface area contributed by atoms with Crippen molar-refractivity contribution in [2.45, 2.75) is 45.6 Å². The lowest BCUT2D eigenvalue weighted by molar-refractivity contribution is -0.149. The highest BCUT2D eigenvalue weighted by atomic mass is 16.4. The van der Waals surface area contributed by atoms with Gasteiger partial charge in [0.25, 0.3) is 0 Å². The van der Waals surface area contributed by atoms with E-state index < -0.39 is 11.9 Å². The first kappa shape index (κ1) is 15.3. The summed E-state index contributed by atoms with van der Waals surface area (Å²) >= 11 is 0. The second kappa shape index (κ2) is 6.12. The van der Waals surface area contributed by atoms with Crippen LogP contribution in [0.2, 0.25) is 0 Å². The number of carbonyl (C=O) groups excluding carboxylic acids is 1. The third-order valence-corrected chi connectivity index (χ3v) is 4.97. The molecule has 20 heavy (non-hydrogen) atoms. The third-order valence-electron chi connectivity index (χ3n) is 4.97. The molecule has 0 radical (unpaired) electrons. The smallest absolute Gasteiger partial charge is 0.307 e. The molecule has 114 valence electrons. The fourth-order valence-corrected chi connectivity index (χ4v) is 3.67. The molecule has 2 rings (SSSR count). The Kier molecular flexibility index (Phi) is 4.68. The summed E-state index contributed by atoms with van der Waals surface area (Å²) in [7, 11) is 0. The van der Waals surface area contributed by atoms with Crippen LogP contribution < -0.4 is 0 Å². The van der Waals surface area contributed by atoms with Crippen molar-refractivity contribution in [3.63, 3.8) is 0 Å². The van der Waals surface area contributed by atoms with Crippen molar-refractivity contribution in [2.24, 2.45) is 23.7 Å². The minimum Gasteiger partial charge on any atom is -0.481 e. The molecule has 1 saturated carbocycles. The van der Waals surface area contributed by atoms with Crippen molar-refractivity contribution in [3.8, 4) is 0 Å². The molecule has 2 fully saturated rings. The summed E-state index contributed by atoms with van der Waals surface area (Å²) in [5.74, 6) is -1.15. The van der Waals surface area contributed by atoms with Crippen LogP contribution in [-0.2, 0) is 9.59 Å². The molecule has 0 aromatic carbocycles. The highest BCUT2D eigenvalue weighted by Crippen LogP contribution is 2.38. The Morgan fingerprint density at radius 3 is 2.20 bits per heavy atom. The van der Waals surface area contributed by atoms with Gasteiger partial charge >= 0.3 is 5.97 Å². The Bertz CT molecular complexity index is 374. The van der Waals surface area contributed by atoms with E-state index >= 15 is 0 Å². The molecular formula is C15H25NO4. The van der Waals surface area contributed by atoms with Gasteiger partial charge in [0.15, 0.2) is 0 Å². The summed E-state index contributed by atoms with van der Waals surface area (Å²) in [5, 5.41) is 18.8. The zero-order chi connectivity index (χ0) is 14.9. The molecule has 0 bridgehead atoms. The topological polar surface area (TPSA) is 77.8 Å². The van der Waals surface area contributed by atoms with Crippen LogP contribution in [0.3, 0.4) is 0 Å². The van der Waals surface area contributed by atoms with Crippen molar-refractivity contribution in [2.75, 3.05) is 13.1 Å². The predicted molar refractivity (Wildman–Crippen MR) is 74.0 cm³/mol. The van der Waals surface area contributed by atoms with Gasteiger partial charge < -0.3 is 15.1 Å². The minimum absolute atomic E-state index is 0.00536. The Morgan fingerprint density at radius 2 is 1.70 bits per heavy atom. The van der Waals surface area contributed by atoms with Crippen LogP contribution in [0.4, 0.5) is 0 Å². The number of aliphatic hydroxyl groups excluding tert-OH is 1. The minimum atomic E-state index is -0.841. The van der Waals surface area contributed by atoms with Gasteiger partial charge in [-0.2, -0.15) is 0 Å². The van der Waals surface area contributed by atoms with Crippen LogP contribution in [0.1, 0.15) is 39.5 Å². The van der Waals surface area contributed by atoms with E-state index in [4.69, 9.17) is 0 Å². The Labute approximate surface area is 120 Å². The van der Waals surface area contributed by atoms with Gasteiger partial charge in [-0.25, -0.2) is 0 Å². The number of aliphatic hydroxyl groups is 1. The van der Waals surface area contributed by atoms with Crippen LogP contribution in [0, 0.1) is 23.7 Å². The van der Waals surface area contributed by atoms with E-state index in [1.807, 2.05) is 6.92 Å². The molecule has 1 aliphatic carbocycles. The first-order valence-corrected chi connectivity index (χ1v) is 7.59. The molecule has 0 aromatic heterocycles. The molecule has 1 aliphatic heterocycles. The quantitative estimate of drug-likeness (QED) is 0.819. The van der Waals surface area contributed by atoms with Gasteiger partial charge in [-0.15, -0.1) is 0 Å². The van der Waals surface area contributed by atoms with Crippen molar-refractivity contribution in [3.05, 3.63) is 0 Å². The number of rotatable bonds is 3. The van der Waals surface area contributed by atoms with Gasteiger partial charge in [0.1, 0.15) is 0 Å². The molecule has 0 spiro atoms. The standard InChI is InChI=1S/C15H25NO4/c1-9-7-12(13(8-9)15(19)20)14(18)16-5-3-11(4-6-16)10(2)17/h9-13,17H,3-8H2,1-2H3,(H,19,20)/t9?,10?,12-,13+/m0/s1. The number of hydrogen-bond acceptors (Lipinski definition) is 3. The van der Waals surface area contributed by atoms with Gasteiger partial charge in [0, 0.05) is 13.1 Å². The highest BCUT2D eigenvalue weighted by molar-refractivity contribution is 5.85. The van der Waals surface area contributed by atoms with Crippen LogP contribution >= 0.6 is 0 Å². The SMILES string of the molecule is CC1C[C@H](C(=O)N2CCC(C(C)O)CC2)[C@H](C(=O)O)C1. The molecule has 5 heteroatoms. The number of likely N-dealkylation sites (tertiary alicyclic amines) is 1. The van der Waals surface area contributed by atoms with E-state index in [0.29, 0.717) is 31.8 Å². The molecule has 1 saturated heterocycles. The zero-order valence-corrected chi connectivity index (χ0v) is 12.3. The largest absolute Gasteiger partial charge is 0.481 e. The highest BCUT2D eigenvalue weighted by Gasteiger charge is 2.43. The lowest BCUT2D eigenvalue weighted by Gasteiger charge is -2.35. The summed E-state index contributed by atoms with van der Waals surface area (Å²) in [6.07, 6.45) is 2.58. The van der Waals surface area contributed by atoms with E-state index in [0.717, 1.165) is 12.8 Å². The van der Waals surface area contributed by atoms with Crippen LogP contribution in [0.5, 0.6) is 0 Å². The monoisotopic (exact) mass is 283 g/mol. The maximum absolute atomic E-state index is 12.5. The number of carboxylic acid groups (broad SMARTS) is 1. The van der Waals surface area contributed by atoms with Gasteiger partial charge in [-0.1, -0.05) is 6.92 Å². The number of amides is 1.